The van der Waals surface area contributed by atoms with Gasteiger partial charge < -0.3 is 10.5 Å². The number of halogens is 2. The highest BCUT2D eigenvalue weighted by Gasteiger charge is 2.19. The molecular formula is C13H13ClFN3O2. The molecule has 1 aromatic carbocycles. The summed E-state index contributed by atoms with van der Waals surface area (Å²) in [4.78, 5) is 11.9. The summed E-state index contributed by atoms with van der Waals surface area (Å²) in [6.07, 6.45) is 0. The van der Waals surface area contributed by atoms with Gasteiger partial charge in [0.1, 0.15) is 12.4 Å². The molecule has 0 spiro atoms. The third kappa shape index (κ3) is 2.75. The van der Waals surface area contributed by atoms with E-state index < -0.39 is 11.8 Å². The molecular weight excluding hydrogens is 285 g/mol. The Morgan fingerprint density at radius 3 is 2.80 bits per heavy atom. The van der Waals surface area contributed by atoms with Crippen LogP contribution < -0.4 is 5.73 Å². The molecule has 0 aliphatic rings. The predicted octanol–water partition coefficient (Wildman–Crippen LogP) is 2.46. The maximum Gasteiger partial charge on any atom is 0.359 e. The van der Waals surface area contributed by atoms with Crippen LogP contribution in [0.3, 0.4) is 0 Å². The zero-order valence-corrected chi connectivity index (χ0v) is 11.7. The van der Waals surface area contributed by atoms with Crippen molar-refractivity contribution >= 4 is 23.3 Å². The number of rotatable bonds is 3. The second-order valence-corrected chi connectivity index (χ2v) is 4.72. The number of aromatic nitrogens is 2. The van der Waals surface area contributed by atoms with Crippen molar-refractivity contribution in [3.8, 4) is 0 Å². The maximum absolute atomic E-state index is 13.5. The molecule has 0 saturated carbocycles. The van der Waals surface area contributed by atoms with Crippen LogP contribution in [0.15, 0.2) is 18.2 Å². The molecule has 0 bridgehead atoms. The molecule has 0 radical (unpaired) electrons. The van der Waals surface area contributed by atoms with Crippen molar-refractivity contribution in [2.24, 2.45) is 7.05 Å². The van der Waals surface area contributed by atoms with Crippen molar-refractivity contribution < 1.29 is 13.9 Å². The summed E-state index contributed by atoms with van der Waals surface area (Å²) in [6.45, 7) is 1.48. The van der Waals surface area contributed by atoms with Gasteiger partial charge in [-0.05, 0) is 19.1 Å². The molecule has 1 heterocycles. The number of hydrogen-bond donors (Lipinski definition) is 1. The highest BCUT2D eigenvalue weighted by molar-refractivity contribution is 6.30. The first-order valence-corrected chi connectivity index (χ1v) is 6.18. The number of carbonyl (C=O) groups is 1. The standard InChI is InChI=1S/C13H13ClFN3O2/c1-7-11(16)12(18(2)17-7)13(19)20-6-8-3-4-9(14)5-10(8)15/h3-5H,6,16H2,1-2H3. The normalized spacial score (nSPS) is 10.6. The van der Waals surface area contributed by atoms with E-state index in [9.17, 15) is 9.18 Å². The maximum atomic E-state index is 13.5. The first-order valence-electron chi connectivity index (χ1n) is 5.80. The van der Waals surface area contributed by atoms with Crippen molar-refractivity contribution in [1.29, 1.82) is 0 Å². The molecule has 0 unspecified atom stereocenters. The monoisotopic (exact) mass is 297 g/mol. The molecule has 0 saturated heterocycles. The number of benzene rings is 1. The van der Waals surface area contributed by atoms with Gasteiger partial charge >= 0.3 is 5.97 Å². The topological polar surface area (TPSA) is 70.1 Å². The molecule has 2 rings (SSSR count). The van der Waals surface area contributed by atoms with Crippen molar-refractivity contribution in [2.45, 2.75) is 13.5 Å². The molecule has 0 atom stereocenters. The van der Waals surface area contributed by atoms with Gasteiger partial charge in [0.15, 0.2) is 5.69 Å². The van der Waals surface area contributed by atoms with E-state index in [1.165, 1.54) is 16.8 Å². The summed E-state index contributed by atoms with van der Waals surface area (Å²) in [6, 6.07) is 4.15. The molecule has 20 heavy (non-hydrogen) atoms. The molecule has 0 aliphatic heterocycles. The lowest BCUT2D eigenvalue weighted by molar-refractivity contribution is 0.0457. The Bertz CT molecular complexity index is 670. The van der Waals surface area contributed by atoms with Gasteiger partial charge in [0.05, 0.1) is 11.4 Å². The summed E-state index contributed by atoms with van der Waals surface area (Å²) in [5, 5.41) is 4.30. The number of anilines is 1. The van der Waals surface area contributed by atoms with E-state index in [2.05, 4.69) is 5.10 Å². The number of aryl methyl sites for hydroxylation is 2. The fourth-order valence-corrected chi connectivity index (χ4v) is 1.93. The summed E-state index contributed by atoms with van der Waals surface area (Å²) >= 11 is 5.64. The molecule has 0 aliphatic carbocycles. The third-order valence-electron chi connectivity index (χ3n) is 2.84. The Kier molecular flexibility index (Phi) is 3.94. The highest BCUT2D eigenvalue weighted by Crippen LogP contribution is 2.19. The minimum atomic E-state index is -0.653. The Hall–Kier alpha value is -2.08. The van der Waals surface area contributed by atoms with Crippen LogP contribution in [0.5, 0.6) is 0 Å². The zero-order chi connectivity index (χ0) is 14.9. The number of ether oxygens (including phenoxy) is 1. The van der Waals surface area contributed by atoms with E-state index in [0.29, 0.717) is 5.69 Å². The van der Waals surface area contributed by atoms with Crippen LogP contribution in [0.25, 0.3) is 0 Å². The Morgan fingerprint density at radius 2 is 2.25 bits per heavy atom. The highest BCUT2D eigenvalue weighted by atomic mass is 35.5. The van der Waals surface area contributed by atoms with Gasteiger partial charge in [-0.3, -0.25) is 4.68 Å². The number of esters is 1. The second kappa shape index (κ2) is 5.50. The quantitative estimate of drug-likeness (QED) is 0.884. The van der Waals surface area contributed by atoms with Crippen LogP contribution in [-0.2, 0) is 18.4 Å². The van der Waals surface area contributed by atoms with Gasteiger partial charge in [-0.15, -0.1) is 0 Å². The SMILES string of the molecule is Cc1nn(C)c(C(=O)OCc2ccc(Cl)cc2F)c1N. The summed E-state index contributed by atoms with van der Waals surface area (Å²) in [5.74, 6) is -1.18. The molecule has 106 valence electrons. The van der Waals surface area contributed by atoms with Crippen LogP contribution in [0.4, 0.5) is 10.1 Å². The van der Waals surface area contributed by atoms with Gasteiger partial charge in [0.25, 0.3) is 0 Å². The van der Waals surface area contributed by atoms with Crippen LogP contribution >= 0.6 is 11.6 Å². The fourth-order valence-electron chi connectivity index (χ4n) is 1.77. The van der Waals surface area contributed by atoms with E-state index in [4.69, 9.17) is 22.1 Å². The minimum absolute atomic E-state index is 0.150. The molecule has 2 aromatic rings. The van der Waals surface area contributed by atoms with Gasteiger partial charge in [0.2, 0.25) is 0 Å². The van der Waals surface area contributed by atoms with Crippen molar-refractivity contribution in [3.05, 3.63) is 46.0 Å². The van der Waals surface area contributed by atoms with Crippen molar-refractivity contribution in [3.63, 3.8) is 0 Å². The molecule has 5 nitrogen and oxygen atoms in total. The first-order chi connectivity index (χ1) is 9.40. The average Bonchev–Trinajstić information content (AvgIpc) is 2.62. The molecule has 0 fully saturated rings. The summed E-state index contributed by atoms with van der Waals surface area (Å²) < 4.78 is 19.9. The van der Waals surface area contributed by atoms with Crippen LogP contribution in [0, 0.1) is 12.7 Å². The van der Waals surface area contributed by atoms with E-state index in [0.717, 1.165) is 6.07 Å². The lowest BCUT2D eigenvalue weighted by Gasteiger charge is -2.07. The van der Waals surface area contributed by atoms with Gasteiger partial charge in [0, 0.05) is 17.6 Å². The lowest BCUT2D eigenvalue weighted by atomic mass is 10.2. The lowest BCUT2D eigenvalue weighted by Crippen LogP contribution is -2.13. The fraction of sp³-hybridized carbons (Fsp3) is 0.231. The Labute approximate surface area is 120 Å². The van der Waals surface area contributed by atoms with E-state index in [-0.39, 0.29) is 28.6 Å². The molecule has 7 heteroatoms. The van der Waals surface area contributed by atoms with E-state index in [1.807, 2.05) is 0 Å². The first kappa shape index (κ1) is 14.3. The molecule has 0 amide bonds. The molecule has 2 N–H and O–H groups in total. The Balaban J connectivity index is 2.13. The van der Waals surface area contributed by atoms with Crippen LogP contribution in [0.1, 0.15) is 21.7 Å². The number of nitrogens with zero attached hydrogens (tertiary/aromatic N) is 2. The van der Waals surface area contributed by atoms with Gasteiger partial charge in [-0.25, -0.2) is 9.18 Å². The Morgan fingerprint density at radius 1 is 1.55 bits per heavy atom. The largest absolute Gasteiger partial charge is 0.456 e. The van der Waals surface area contributed by atoms with Gasteiger partial charge in [-0.2, -0.15) is 5.10 Å². The zero-order valence-electron chi connectivity index (χ0n) is 11.0. The van der Waals surface area contributed by atoms with Gasteiger partial charge in [-0.1, -0.05) is 17.7 Å². The number of nitrogens with two attached hydrogens (primary N) is 1. The minimum Gasteiger partial charge on any atom is -0.456 e. The van der Waals surface area contributed by atoms with E-state index in [1.54, 1.807) is 14.0 Å². The van der Waals surface area contributed by atoms with Crippen molar-refractivity contribution in [2.75, 3.05) is 5.73 Å². The second-order valence-electron chi connectivity index (χ2n) is 4.28. The smallest absolute Gasteiger partial charge is 0.359 e. The van der Waals surface area contributed by atoms with Crippen LogP contribution in [-0.4, -0.2) is 15.7 Å². The third-order valence-corrected chi connectivity index (χ3v) is 3.07. The van der Waals surface area contributed by atoms with E-state index >= 15 is 0 Å². The summed E-state index contributed by atoms with van der Waals surface area (Å²) in [7, 11) is 1.59. The molecule has 1 aromatic heterocycles. The predicted molar refractivity (Wildman–Crippen MR) is 72.9 cm³/mol. The summed E-state index contributed by atoms with van der Waals surface area (Å²) in [5.41, 5.74) is 6.93. The van der Waals surface area contributed by atoms with Crippen molar-refractivity contribution in [1.82, 2.24) is 9.78 Å². The van der Waals surface area contributed by atoms with Crippen LogP contribution in [0.2, 0.25) is 5.02 Å². The average molecular weight is 298 g/mol. The number of carbonyl (C=O) groups excluding carboxylic acids is 1. The number of nitrogen functional groups attached to an aromatic ring is 1. The number of hydrogen-bond acceptors (Lipinski definition) is 4.